The van der Waals surface area contributed by atoms with Crippen LogP contribution in [0.2, 0.25) is 0 Å². The lowest BCUT2D eigenvalue weighted by molar-refractivity contribution is -0.173. The molecule has 0 atom stereocenters. The molecule has 0 unspecified atom stereocenters. The Morgan fingerprint density at radius 1 is 1.13 bits per heavy atom. The van der Waals surface area contributed by atoms with E-state index in [1.165, 1.54) is 6.21 Å². The van der Waals surface area contributed by atoms with E-state index in [2.05, 4.69) is 15.0 Å². The lowest BCUT2D eigenvalue weighted by Gasteiger charge is -2.10. The van der Waals surface area contributed by atoms with E-state index in [9.17, 15) is 13.2 Å². The van der Waals surface area contributed by atoms with E-state index in [0.29, 0.717) is 5.56 Å². The quantitative estimate of drug-likeness (QED) is 0.333. The molecule has 3 aromatic heterocycles. The lowest BCUT2D eigenvalue weighted by Crippen LogP contribution is -2.14. The van der Waals surface area contributed by atoms with Crippen LogP contribution in [-0.4, -0.2) is 38.5 Å². The number of rotatable bonds is 5. The second-order valence-electron chi connectivity index (χ2n) is 7.27. The van der Waals surface area contributed by atoms with Crippen molar-refractivity contribution in [1.82, 2.24) is 19.5 Å². The van der Waals surface area contributed by atoms with Gasteiger partial charge in [0.05, 0.1) is 11.7 Å². The smallest absolute Gasteiger partial charge is 0.386 e. The van der Waals surface area contributed by atoms with Gasteiger partial charge in [-0.3, -0.25) is 0 Å². The Kier molecular flexibility index (Phi) is 5.34. The van der Waals surface area contributed by atoms with Crippen LogP contribution < -0.4 is 0 Å². The van der Waals surface area contributed by atoms with E-state index >= 15 is 0 Å². The molecule has 0 amide bonds. The highest BCUT2D eigenvalue weighted by atomic mass is 19.4. The molecule has 1 aromatic carbocycles. The standard InChI is InChI=1S/C22H20F3N5O/c1-4-15-9-16-8-14(11-27-31-12-22(23,24)25)5-6-17(16)28-19(15)21-29-18-7-13(2)10-26-20(18)30(21)3/h5-11H,4,12H2,1-3H3/b27-11+. The number of hydrogen-bond donors (Lipinski definition) is 0. The predicted molar refractivity (Wildman–Crippen MR) is 113 cm³/mol. The number of halogens is 3. The van der Waals surface area contributed by atoms with E-state index in [1.807, 2.05) is 49.9 Å². The molecule has 0 saturated carbocycles. The van der Waals surface area contributed by atoms with Gasteiger partial charge in [-0.05, 0) is 54.3 Å². The summed E-state index contributed by atoms with van der Waals surface area (Å²) < 4.78 is 38.4. The van der Waals surface area contributed by atoms with Gasteiger partial charge in [-0.15, -0.1) is 0 Å². The second kappa shape index (κ2) is 7.98. The van der Waals surface area contributed by atoms with Gasteiger partial charge in [-0.2, -0.15) is 13.2 Å². The minimum atomic E-state index is -4.42. The molecule has 0 bridgehead atoms. The Labute approximate surface area is 176 Å². The molecule has 31 heavy (non-hydrogen) atoms. The fraction of sp³-hybridized carbons (Fsp3) is 0.273. The Morgan fingerprint density at radius 2 is 1.94 bits per heavy atom. The molecule has 6 nitrogen and oxygen atoms in total. The average Bonchev–Trinajstić information content (AvgIpc) is 3.04. The first kappa shape index (κ1) is 20.8. The number of aryl methyl sites for hydroxylation is 3. The van der Waals surface area contributed by atoms with Gasteiger partial charge >= 0.3 is 6.18 Å². The number of alkyl halides is 3. The highest BCUT2D eigenvalue weighted by Crippen LogP contribution is 2.28. The fourth-order valence-corrected chi connectivity index (χ4v) is 3.38. The Bertz CT molecular complexity index is 1290. The third-order valence-electron chi connectivity index (χ3n) is 4.86. The van der Waals surface area contributed by atoms with Gasteiger partial charge in [0, 0.05) is 18.6 Å². The molecule has 9 heteroatoms. The largest absolute Gasteiger partial charge is 0.425 e. The van der Waals surface area contributed by atoms with Crippen molar-refractivity contribution < 1.29 is 18.0 Å². The zero-order valence-electron chi connectivity index (χ0n) is 17.2. The Morgan fingerprint density at radius 3 is 2.68 bits per heavy atom. The highest BCUT2D eigenvalue weighted by molar-refractivity contribution is 5.90. The van der Waals surface area contributed by atoms with Crippen molar-refractivity contribution >= 4 is 28.3 Å². The van der Waals surface area contributed by atoms with Gasteiger partial charge in [0.25, 0.3) is 0 Å². The number of benzene rings is 1. The van der Waals surface area contributed by atoms with E-state index < -0.39 is 12.8 Å². The van der Waals surface area contributed by atoms with Crippen molar-refractivity contribution in [3.63, 3.8) is 0 Å². The molecule has 160 valence electrons. The summed E-state index contributed by atoms with van der Waals surface area (Å²) >= 11 is 0. The maximum absolute atomic E-state index is 12.1. The first-order chi connectivity index (χ1) is 14.7. The van der Waals surface area contributed by atoms with Gasteiger partial charge in [-0.1, -0.05) is 18.1 Å². The van der Waals surface area contributed by atoms with Gasteiger partial charge in [0.2, 0.25) is 6.61 Å². The zero-order chi connectivity index (χ0) is 22.2. The van der Waals surface area contributed by atoms with Gasteiger partial charge in [0.1, 0.15) is 11.2 Å². The Balaban J connectivity index is 1.72. The summed E-state index contributed by atoms with van der Waals surface area (Å²) in [6.45, 7) is 2.59. The summed E-state index contributed by atoms with van der Waals surface area (Å²) in [4.78, 5) is 18.4. The molecule has 0 radical (unpaired) electrons. The summed E-state index contributed by atoms with van der Waals surface area (Å²) in [6.07, 6.45) is -0.615. The van der Waals surface area contributed by atoms with Crippen LogP contribution >= 0.6 is 0 Å². The van der Waals surface area contributed by atoms with Crippen LogP contribution in [0.15, 0.2) is 41.7 Å². The van der Waals surface area contributed by atoms with Crippen molar-refractivity contribution in [3.05, 3.63) is 53.2 Å². The lowest BCUT2D eigenvalue weighted by atomic mass is 10.0. The van der Waals surface area contributed by atoms with Gasteiger partial charge < -0.3 is 9.40 Å². The fourth-order valence-electron chi connectivity index (χ4n) is 3.38. The molecule has 0 saturated heterocycles. The van der Waals surface area contributed by atoms with Crippen LogP contribution in [-0.2, 0) is 18.3 Å². The maximum Gasteiger partial charge on any atom is 0.425 e. The predicted octanol–water partition coefficient (Wildman–Crippen LogP) is 4.97. The SMILES string of the molecule is CCc1cc2cc(/C=N/OCC(F)(F)F)ccc2nc1-c1nc2cc(C)cnc2n1C. The summed E-state index contributed by atoms with van der Waals surface area (Å²) in [5.41, 5.74) is 5.79. The third kappa shape index (κ3) is 4.35. The molecule has 0 aliphatic rings. The molecule has 0 aliphatic heterocycles. The number of fused-ring (bicyclic) bond motifs is 2. The van der Waals surface area contributed by atoms with Crippen molar-refractivity contribution in [3.8, 4) is 11.5 Å². The molecule has 3 heterocycles. The van der Waals surface area contributed by atoms with Crippen LogP contribution in [0, 0.1) is 6.92 Å². The molecule has 0 aliphatic carbocycles. The molecule has 0 spiro atoms. The van der Waals surface area contributed by atoms with Crippen LogP contribution in [0.25, 0.3) is 33.6 Å². The molecule has 0 N–H and O–H groups in total. The number of imidazole rings is 1. The van der Waals surface area contributed by atoms with E-state index in [0.717, 1.165) is 51.1 Å². The van der Waals surface area contributed by atoms with Crippen molar-refractivity contribution in [1.29, 1.82) is 0 Å². The minimum Gasteiger partial charge on any atom is -0.386 e. The second-order valence-corrected chi connectivity index (χ2v) is 7.27. The summed E-state index contributed by atoms with van der Waals surface area (Å²) in [7, 11) is 1.92. The van der Waals surface area contributed by atoms with Crippen LogP contribution in [0.4, 0.5) is 13.2 Å². The molecular formula is C22H20F3N5O. The summed E-state index contributed by atoms with van der Waals surface area (Å²) in [5.74, 6) is 0.734. The van der Waals surface area contributed by atoms with Crippen LogP contribution in [0.1, 0.15) is 23.6 Å². The van der Waals surface area contributed by atoms with Crippen molar-refractivity contribution in [2.24, 2.45) is 12.2 Å². The van der Waals surface area contributed by atoms with Gasteiger partial charge in [0.15, 0.2) is 11.5 Å². The molecule has 0 fully saturated rings. The average molecular weight is 427 g/mol. The van der Waals surface area contributed by atoms with Crippen molar-refractivity contribution in [2.45, 2.75) is 26.4 Å². The molecule has 4 rings (SSSR count). The topological polar surface area (TPSA) is 65.2 Å². The van der Waals surface area contributed by atoms with E-state index in [1.54, 1.807) is 12.1 Å². The third-order valence-corrected chi connectivity index (χ3v) is 4.86. The Hall–Kier alpha value is -3.49. The number of pyridine rings is 2. The maximum atomic E-state index is 12.1. The van der Waals surface area contributed by atoms with E-state index in [-0.39, 0.29) is 0 Å². The van der Waals surface area contributed by atoms with E-state index in [4.69, 9.17) is 9.97 Å². The minimum absolute atomic E-state index is 0.619. The van der Waals surface area contributed by atoms with Gasteiger partial charge in [-0.25, -0.2) is 15.0 Å². The summed E-state index contributed by atoms with van der Waals surface area (Å²) in [5, 5.41) is 4.25. The number of hydrogen-bond acceptors (Lipinski definition) is 5. The molecular weight excluding hydrogens is 407 g/mol. The first-order valence-electron chi connectivity index (χ1n) is 9.70. The zero-order valence-corrected chi connectivity index (χ0v) is 17.2. The summed E-state index contributed by atoms with van der Waals surface area (Å²) in [6, 6.07) is 9.35. The normalized spacial score (nSPS) is 12.3. The first-order valence-corrected chi connectivity index (χ1v) is 9.70. The number of oxime groups is 1. The highest BCUT2D eigenvalue weighted by Gasteiger charge is 2.28. The number of nitrogens with zero attached hydrogens (tertiary/aromatic N) is 5. The monoisotopic (exact) mass is 427 g/mol. The van der Waals surface area contributed by atoms with Crippen LogP contribution in [0.3, 0.4) is 0 Å². The van der Waals surface area contributed by atoms with Crippen LogP contribution in [0.5, 0.6) is 0 Å². The van der Waals surface area contributed by atoms with Crippen molar-refractivity contribution in [2.75, 3.05) is 6.61 Å². The molecule has 4 aromatic rings. The number of aromatic nitrogens is 4.